The topological polar surface area (TPSA) is 120 Å². The molecule has 3 N–H and O–H groups in total. The second-order valence-corrected chi connectivity index (χ2v) is 9.27. The summed E-state index contributed by atoms with van der Waals surface area (Å²) in [6.07, 6.45) is 3.05. The molecule has 196 valence electrons. The lowest BCUT2D eigenvalue weighted by Gasteiger charge is -2.33. The van der Waals surface area contributed by atoms with Gasteiger partial charge >= 0.3 is 11.7 Å². The fraction of sp³-hybridized carbons (Fsp3) is 0.542. The number of rotatable bonds is 6. The maximum Gasteiger partial charge on any atom is 0.328 e. The summed E-state index contributed by atoms with van der Waals surface area (Å²) >= 11 is 0. The molecule has 12 heteroatoms. The Labute approximate surface area is 206 Å². The van der Waals surface area contributed by atoms with Crippen LogP contribution in [0.2, 0.25) is 0 Å². The normalized spacial score (nSPS) is 21.5. The molecular formula is C24H31F2N5O5. The third kappa shape index (κ3) is 5.53. The average molecular weight is 508 g/mol. The number of ether oxygens (including phenoxy) is 1. The zero-order valence-corrected chi connectivity index (χ0v) is 20.1. The van der Waals surface area contributed by atoms with Gasteiger partial charge < -0.3 is 25.0 Å². The Hall–Kier alpha value is -3.41. The fourth-order valence-corrected chi connectivity index (χ4v) is 5.04. The number of piperidine rings is 1. The number of carbonyl (C=O) groups excluding carboxylic acids is 2. The maximum absolute atomic E-state index is 14.5. The van der Waals surface area contributed by atoms with Crippen molar-refractivity contribution >= 4 is 11.9 Å². The number of hydrogen-bond donors (Lipinski definition) is 3. The first kappa shape index (κ1) is 25.7. The predicted octanol–water partition coefficient (Wildman–Crippen LogP) is 1.93. The van der Waals surface area contributed by atoms with Gasteiger partial charge in [-0.05, 0) is 37.3 Å². The summed E-state index contributed by atoms with van der Waals surface area (Å²) in [6.45, 7) is 1.48. The Morgan fingerprint density at radius 3 is 2.61 bits per heavy atom. The van der Waals surface area contributed by atoms with E-state index in [1.54, 1.807) is 4.90 Å². The van der Waals surface area contributed by atoms with Crippen molar-refractivity contribution in [3.63, 3.8) is 0 Å². The smallest absolute Gasteiger partial charge is 0.328 e. The third-order valence-corrected chi connectivity index (χ3v) is 7.01. The number of aromatic nitrogens is 2. The highest BCUT2D eigenvalue weighted by Crippen LogP contribution is 2.30. The van der Waals surface area contributed by atoms with Crippen LogP contribution in [-0.2, 0) is 9.53 Å². The van der Waals surface area contributed by atoms with Crippen LogP contribution in [0.5, 0.6) is 5.88 Å². The van der Waals surface area contributed by atoms with Gasteiger partial charge in [0.2, 0.25) is 11.8 Å². The lowest BCUT2D eigenvalue weighted by molar-refractivity contribution is -0.133. The summed E-state index contributed by atoms with van der Waals surface area (Å²) in [4.78, 5) is 43.7. The molecule has 0 aliphatic carbocycles. The number of benzene rings is 1. The summed E-state index contributed by atoms with van der Waals surface area (Å²) in [5, 5.41) is 12.3. The number of nitrogens with one attached hydrogen (secondary N) is 2. The van der Waals surface area contributed by atoms with E-state index in [-0.39, 0.29) is 49.5 Å². The van der Waals surface area contributed by atoms with Crippen molar-refractivity contribution in [1.82, 2.24) is 24.7 Å². The predicted molar refractivity (Wildman–Crippen MR) is 126 cm³/mol. The van der Waals surface area contributed by atoms with E-state index in [0.717, 1.165) is 6.07 Å². The number of imidazole rings is 1. The van der Waals surface area contributed by atoms with E-state index in [2.05, 4.69) is 10.3 Å². The van der Waals surface area contributed by atoms with Gasteiger partial charge in [0.15, 0.2) is 11.6 Å². The Kier molecular flexibility index (Phi) is 7.92. The molecule has 0 unspecified atom stereocenters. The second-order valence-electron chi connectivity index (χ2n) is 9.27. The molecule has 36 heavy (non-hydrogen) atoms. The van der Waals surface area contributed by atoms with Crippen LogP contribution in [0, 0.1) is 11.6 Å². The van der Waals surface area contributed by atoms with Crippen molar-refractivity contribution in [1.29, 1.82) is 0 Å². The number of aromatic hydroxyl groups is 1. The first-order valence-corrected chi connectivity index (χ1v) is 12.1. The molecule has 2 fully saturated rings. The third-order valence-electron chi connectivity index (χ3n) is 7.01. The standard InChI is InChI=1S/C24H31F2N5O5/c1-36-12-11-30-13-15(17-3-2-4-18(25)21(17)26)5-6-19(22(30)33)27-23(34)29-9-7-16(8-10-29)31-14-20(32)28-24(31)35/h2-4,14-16,19,32H,5-13H2,1H3,(H,27,34)(H,28,35)/t15-,19-/m1/s1. The molecule has 10 nitrogen and oxygen atoms in total. The molecule has 2 aliphatic heterocycles. The Balaban J connectivity index is 1.42. The van der Waals surface area contributed by atoms with E-state index in [1.807, 2.05) is 0 Å². The SMILES string of the molecule is COCCN1C[C@H](c2cccc(F)c2F)CC[C@@H](NC(=O)N2CCC(n3cc(O)[nH]c3=O)CC2)C1=O. The van der Waals surface area contributed by atoms with Crippen LogP contribution in [0.15, 0.2) is 29.2 Å². The van der Waals surface area contributed by atoms with E-state index in [9.17, 15) is 28.3 Å². The lowest BCUT2D eigenvalue weighted by Crippen LogP contribution is -2.53. The van der Waals surface area contributed by atoms with E-state index in [0.29, 0.717) is 32.4 Å². The highest BCUT2D eigenvalue weighted by atomic mass is 19.2. The molecule has 3 amide bonds. The quantitative estimate of drug-likeness (QED) is 0.552. The Bertz CT molecular complexity index is 1140. The molecule has 2 atom stereocenters. The highest BCUT2D eigenvalue weighted by molar-refractivity contribution is 5.87. The molecular weight excluding hydrogens is 476 g/mol. The number of amides is 3. The van der Waals surface area contributed by atoms with Crippen molar-refractivity contribution in [2.45, 2.75) is 43.7 Å². The first-order chi connectivity index (χ1) is 17.3. The van der Waals surface area contributed by atoms with Gasteiger partial charge in [-0.25, -0.2) is 18.4 Å². The second kappa shape index (κ2) is 11.1. The van der Waals surface area contributed by atoms with Crippen LogP contribution < -0.4 is 11.0 Å². The van der Waals surface area contributed by atoms with Crippen molar-refractivity contribution in [3.05, 3.63) is 52.1 Å². The number of halogens is 2. The first-order valence-electron chi connectivity index (χ1n) is 12.1. The van der Waals surface area contributed by atoms with Gasteiger partial charge in [0.1, 0.15) is 6.04 Å². The number of hydrogen-bond acceptors (Lipinski definition) is 5. The monoisotopic (exact) mass is 507 g/mol. The van der Waals surface area contributed by atoms with Gasteiger partial charge in [-0.3, -0.25) is 14.3 Å². The molecule has 1 aromatic carbocycles. The van der Waals surface area contributed by atoms with Crippen molar-refractivity contribution < 1.29 is 28.2 Å². The van der Waals surface area contributed by atoms with E-state index >= 15 is 0 Å². The minimum Gasteiger partial charge on any atom is -0.493 e. The minimum atomic E-state index is -0.933. The molecule has 0 bridgehead atoms. The summed E-state index contributed by atoms with van der Waals surface area (Å²) < 4.78 is 34.9. The molecule has 3 heterocycles. The van der Waals surface area contributed by atoms with Gasteiger partial charge in [0, 0.05) is 45.2 Å². The number of H-pyrrole nitrogens is 1. The van der Waals surface area contributed by atoms with E-state index in [1.165, 1.54) is 34.9 Å². The fourth-order valence-electron chi connectivity index (χ4n) is 5.04. The van der Waals surface area contributed by atoms with Gasteiger partial charge in [0.05, 0.1) is 12.8 Å². The molecule has 2 aliphatic rings. The van der Waals surface area contributed by atoms with Crippen molar-refractivity contribution in [2.24, 2.45) is 0 Å². The molecule has 2 saturated heterocycles. The van der Waals surface area contributed by atoms with Gasteiger partial charge in [-0.15, -0.1) is 0 Å². The molecule has 4 rings (SSSR count). The largest absolute Gasteiger partial charge is 0.493 e. The number of methoxy groups -OCH3 is 1. The highest BCUT2D eigenvalue weighted by Gasteiger charge is 2.35. The minimum absolute atomic E-state index is 0.148. The van der Waals surface area contributed by atoms with Gasteiger partial charge in [0.25, 0.3) is 0 Å². The number of urea groups is 1. The van der Waals surface area contributed by atoms with Crippen LogP contribution in [0.4, 0.5) is 13.6 Å². The van der Waals surface area contributed by atoms with Crippen molar-refractivity contribution in [3.8, 4) is 5.88 Å². The summed E-state index contributed by atoms with van der Waals surface area (Å²) in [5.41, 5.74) is -0.190. The molecule has 0 saturated carbocycles. The summed E-state index contributed by atoms with van der Waals surface area (Å²) in [6, 6.07) is 2.69. The zero-order valence-electron chi connectivity index (χ0n) is 20.1. The van der Waals surface area contributed by atoms with Crippen LogP contribution >= 0.6 is 0 Å². The summed E-state index contributed by atoms with van der Waals surface area (Å²) in [7, 11) is 1.51. The summed E-state index contributed by atoms with van der Waals surface area (Å²) in [5.74, 6) is -2.76. The zero-order chi connectivity index (χ0) is 25.8. The lowest BCUT2D eigenvalue weighted by atomic mass is 9.93. The van der Waals surface area contributed by atoms with Crippen LogP contribution in [0.1, 0.15) is 43.2 Å². The molecule has 1 aromatic heterocycles. The van der Waals surface area contributed by atoms with Crippen LogP contribution in [0.3, 0.4) is 0 Å². The Morgan fingerprint density at radius 1 is 1.19 bits per heavy atom. The van der Waals surface area contributed by atoms with Gasteiger partial charge in [-0.2, -0.15) is 0 Å². The molecule has 2 aromatic rings. The average Bonchev–Trinajstić information content (AvgIpc) is 3.13. The van der Waals surface area contributed by atoms with Gasteiger partial charge in [-0.1, -0.05) is 12.1 Å². The number of likely N-dealkylation sites (tertiary alicyclic amines) is 2. The van der Waals surface area contributed by atoms with E-state index < -0.39 is 35.3 Å². The molecule has 0 spiro atoms. The number of carbonyl (C=O) groups is 2. The number of aromatic amines is 1. The van der Waals surface area contributed by atoms with Crippen molar-refractivity contribution in [2.75, 3.05) is 39.9 Å². The number of nitrogens with zero attached hydrogens (tertiary/aromatic N) is 3. The molecule has 0 radical (unpaired) electrons. The Morgan fingerprint density at radius 2 is 1.94 bits per heavy atom. The maximum atomic E-state index is 14.5. The van der Waals surface area contributed by atoms with E-state index in [4.69, 9.17) is 4.74 Å². The van der Waals surface area contributed by atoms with Crippen LogP contribution in [0.25, 0.3) is 0 Å². The van der Waals surface area contributed by atoms with Crippen LogP contribution in [-0.4, -0.2) is 82.3 Å².